The second-order valence-electron chi connectivity index (χ2n) is 4.67. The fourth-order valence-electron chi connectivity index (χ4n) is 1.58. The number of halogens is 7. The number of benzene rings is 1. The number of nitrogens with one attached hydrogen (secondary N) is 1. The first-order chi connectivity index (χ1) is 9.91. The van der Waals surface area contributed by atoms with Crippen molar-refractivity contribution in [2.45, 2.75) is 30.9 Å². The van der Waals surface area contributed by atoms with Crippen molar-refractivity contribution in [2.75, 3.05) is 6.54 Å². The summed E-state index contributed by atoms with van der Waals surface area (Å²) in [6.45, 7) is 0.988. The summed E-state index contributed by atoms with van der Waals surface area (Å²) in [6, 6.07) is 8.12. The Morgan fingerprint density at radius 2 is 1.55 bits per heavy atom. The Morgan fingerprint density at radius 1 is 1.05 bits per heavy atom. The molecule has 0 bridgehead atoms. The SMILES string of the molecule is C[C@H](CNC(=O)C(F)(F)C(F)(F)C(F)(F)F)c1ccccc1. The molecule has 1 aromatic rings. The van der Waals surface area contributed by atoms with E-state index in [-0.39, 0.29) is 0 Å². The lowest BCUT2D eigenvalue weighted by Gasteiger charge is -2.27. The third-order valence-electron chi connectivity index (χ3n) is 2.97. The van der Waals surface area contributed by atoms with E-state index in [9.17, 15) is 35.5 Å². The summed E-state index contributed by atoms with van der Waals surface area (Å²) in [7, 11) is 0. The summed E-state index contributed by atoms with van der Waals surface area (Å²) in [5.74, 6) is -15.5. The van der Waals surface area contributed by atoms with Gasteiger partial charge in [0.1, 0.15) is 0 Å². The van der Waals surface area contributed by atoms with Crippen LogP contribution in [0.5, 0.6) is 0 Å². The van der Waals surface area contributed by atoms with E-state index in [0.717, 1.165) is 0 Å². The van der Waals surface area contributed by atoms with Gasteiger partial charge < -0.3 is 5.32 Å². The molecule has 0 unspecified atom stereocenters. The molecule has 0 aliphatic heterocycles. The zero-order chi connectivity index (χ0) is 17.2. The van der Waals surface area contributed by atoms with Gasteiger partial charge in [0, 0.05) is 6.54 Å². The molecule has 1 rings (SSSR count). The number of alkyl halides is 7. The molecule has 0 aliphatic rings. The van der Waals surface area contributed by atoms with Crippen LogP contribution in [-0.4, -0.2) is 30.5 Å². The summed E-state index contributed by atoms with van der Waals surface area (Å²) in [5.41, 5.74) is 0.605. The highest BCUT2D eigenvalue weighted by Gasteiger charge is 2.76. The van der Waals surface area contributed by atoms with Crippen molar-refractivity contribution in [1.29, 1.82) is 0 Å². The van der Waals surface area contributed by atoms with Crippen LogP contribution in [0.1, 0.15) is 18.4 Å². The highest BCUT2D eigenvalue weighted by Crippen LogP contribution is 2.46. The molecule has 0 saturated heterocycles. The number of hydrogen-bond donors (Lipinski definition) is 1. The predicted molar refractivity (Wildman–Crippen MR) is 63.8 cm³/mol. The minimum Gasteiger partial charge on any atom is -0.350 e. The maximum absolute atomic E-state index is 13.1. The Balaban J connectivity index is 2.76. The Hall–Kier alpha value is -1.80. The maximum Gasteiger partial charge on any atom is 0.460 e. The van der Waals surface area contributed by atoms with Crippen LogP contribution in [0.2, 0.25) is 0 Å². The van der Waals surface area contributed by atoms with Gasteiger partial charge in [0.25, 0.3) is 5.91 Å². The van der Waals surface area contributed by atoms with Gasteiger partial charge >= 0.3 is 18.0 Å². The Labute approximate surface area is 121 Å². The van der Waals surface area contributed by atoms with Crippen molar-refractivity contribution in [1.82, 2.24) is 5.32 Å². The van der Waals surface area contributed by atoms with Crippen LogP contribution in [0, 0.1) is 0 Å². The van der Waals surface area contributed by atoms with E-state index >= 15 is 0 Å². The highest BCUT2D eigenvalue weighted by molar-refractivity contribution is 5.84. The van der Waals surface area contributed by atoms with E-state index in [4.69, 9.17) is 0 Å². The van der Waals surface area contributed by atoms with E-state index in [1.54, 1.807) is 30.3 Å². The smallest absolute Gasteiger partial charge is 0.350 e. The molecule has 1 N–H and O–H groups in total. The van der Waals surface area contributed by atoms with Crippen LogP contribution in [-0.2, 0) is 4.79 Å². The second kappa shape index (κ2) is 6.13. The van der Waals surface area contributed by atoms with Crippen molar-refractivity contribution >= 4 is 5.91 Å². The largest absolute Gasteiger partial charge is 0.460 e. The number of carbonyl (C=O) groups is 1. The van der Waals surface area contributed by atoms with Crippen LogP contribution in [0.25, 0.3) is 0 Å². The number of amides is 1. The Bertz CT molecular complexity index is 513. The van der Waals surface area contributed by atoms with Crippen molar-refractivity contribution < 1.29 is 35.5 Å². The maximum atomic E-state index is 13.1. The topological polar surface area (TPSA) is 29.1 Å². The third kappa shape index (κ3) is 3.50. The molecule has 0 aromatic heterocycles. The first-order valence-corrected chi connectivity index (χ1v) is 6.07. The molecule has 0 radical (unpaired) electrons. The summed E-state index contributed by atoms with van der Waals surface area (Å²) in [6.07, 6.45) is -6.53. The molecule has 9 heteroatoms. The molecule has 22 heavy (non-hydrogen) atoms. The van der Waals surface area contributed by atoms with Crippen LogP contribution >= 0.6 is 0 Å². The zero-order valence-corrected chi connectivity index (χ0v) is 11.2. The van der Waals surface area contributed by atoms with Gasteiger partial charge in [-0.2, -0.15) is 30.7 Å². The summed E-state index contributed by atoms with van der Waals surface area (Å²) < 4.78 is 87.3. The molecule has 0 spiro atoms. The van der Waals surface area contributed by atoms with Crippen molar-refractivity contribution in [3.63, 3.8) is 0 Å². The highest BCUT2D eigenvalue weighted by atomic mass is 19.4. The number of carbonyl (C=O) groups excluding carboxylic acids is 1. The van der Waals surface area contributed by atoms with Gasteiger partial charge in [0.05, 0.1) is 0 Å². The van der Waals surface area contributed by atoms with Gasteiger partial charge in [-0.05, 0) is 11.5 Å². The first-order valence-electron chi connectivity index (χ1n) is 6.07. The minimum atomic E-state index is -6.53. The van der Waals surface area contributed by atoms with Gasteiger partial charge in [0.15, 0.2) is 0 Å². The van der Waals surface area contributed by atoms with E-state index in [1.807, 2.05) is 0 Å². The molecule has 0 heterocycles. The molecule has 1 aromatic carbocycles. The van der Waals surface area contributed by atoms with Gasteiger partial charge in [-0.15, -0.1) is 0 Å². The van der Waals surface area contributed by atoms with Gasteiger partial charge in [-0.1, -0.05) is 37.3 Å². The Kier molecular flexibility index (Phi) is 5.09. The van der Waals surface area contributed by atoms with Crippen molar-refractivity contribution in [2.24, 2.45) is 0 Å². The molecule has 0 aliphatic carbocycles. The molecule has 124 valence electrons. The first kappa shape index (κ1) is 18.2. The molecular weight excluding hydrogens is 319 g/mol. The van der Waals surface area contributed by atoms with E-state index in [1.165, 1.54) is 12.2 Å². The average Bonchev–Trinajstić information content (AvgIpc) is 2.43. The summed E-state index contributed by atoms with van der Waals surface area (Å²) in [5, 5.41) is 1.43. The van der Waals surface area contributed by atoms with Crippen molar-refractivity contribution in [3.05, 3.63) is 35.9 Å². The van der Waals surface area contributed by atoms with Gasteiger partial charge in [-0.25, -0.2) is 0 Å². The predicted octanol–water partition coefficient (Wildman–Crippen LogP) is 3.74. The third-order valence-corrected chi connectivity index (χ3v) is 2.97. The van der Waals surface area contributed by atoms with Crippen molar-refractivity contribution in [3.8, 4) is 0 Å². The fraction of sp³-hybridized carbons (Fsp3) is 0.462. The minimum absolute atomic E-state index is 0.508. The van der Waals surface area contributed by atoms with Crippen LogP contribution < -0.4 is 5.32 Å². The van der Waals surface area contributed by atoms with E-state index < -0.39 is 36.4 Å². The monoisotopic (exact) mass is 331 g/mol. The lowest BCUT2D eigenvalue weighted by atomic mass is 10.0. The average molecular weight is 331 g/mol. The summed E-state index contributed by atoms with van der Waals surface area (Å²) >= 11 is 0. The molecule has 0 saturated carbocycles. The van der Waals surface area contributed by atoms with Crippen LogP contribution in [0.15, 0.2) is 30.3 Å². The number of rotatable bonds is 5. The van der Waals surface area contributed by atoms with Crippen LogP contribution in [0.3, 0.4) is 0 Å². The summed E-state index contributed by atoms with van der Waals surface area (Å²) in [4.78, 5) is 11.1. The second-order valence-corrected chi connectivity index (χ2v) is 4.67. The zero-order valence-electron chi connectivity index (χ0n) is 11.2. The normalized spacial score (nSPS) is 14.5. The quantitative estimate of drug-likeness (QED) is 0.818. The van der Waals surface area contributed by atoms with Gasteiger partial charge in [-0.3, -0.25) is 4.79 Å². The molecule has 1 amide bonds. The number of hydrogen-bond acceptors (Lipinski definition) is 1. The van der Waals surface area contributed by atoms with Crippen LogP contribution in [0.4, 0.5) is 30.7 Å². The molecule has 1 atom stereocenters. The standard InChI is InChI=1S/C13H12F7NO/c1-8(9-5-3-2-4-6-9)7-21-10(22)11(14,15)12(16,17)13(18,19)20/h2-6,8H,7H2,1H3,(H,21,22)/t8-/m1/s1. The Morgan fingerprint density at radius 3 is 2.00 bits per heavy atom. The lowest BCUT2D eigenvalue weighted by Crippen LogP contribution is -2.59. The molecule has 2 nitrogen and oxygen atoms in total. The van der Waals surface area contributed by atoms with E-state index in [0.29, 0.717) is 5.56 Å². The van der Waals surface area contributed by atoms with Gasteiger partial charge in [0.2, 0.25) is 0 Å². The van der Waals surface area contributed by atoms with E-state index in [2.05, 4.69) is 0 Å². The fourth-order valence-corrected chi connectivity index (χ4v) is 1.58. The molecule has 0 fully saturated rings. The molecular formula is C13H12F7NO. The lowest BCUT2D eigenvalue weighted by molar-refractivity contribution is -0.344.